The highest BCUT2D eigenvalue weighted by Gasteiger charge is 2.26. The zero-order chi connectivity index (χ0) is 20.3. The van der Waals surface area contributed by atoms with E-state index in [1.165, 1.54) is 30.5 Å². The number of anilines is 1. The Balaban J connectivity index is 2.06. The van der Waals surface area contributed by atoms with E-state index in [0.29, 0.717) is 29.1 Å². The second kappa shape index (κ2) is 8.68. The van der Waals surface area contributed by atoms with E-state index >= 15 is 0 Å². The minimum atomic E-state index is -0.898. The standard InChI is InChI=1S/C20H22F2N4OS/c1-4-7-28-26-14-6-5-13(21)17(18(14)22)19(27)12-9-23-20-16(12)15(8-11(2)3)24-10-25-20/h5-6,9-11,26H,4,7-8H2,1-3H3,(H,23,24,25). The molecule has 0 saturated carbocycles. The molecule has 0 aliphatic rings. The Labute approximate surface area is 166 Å². The molecule has 3 aromatic rings. The third-order valence-electron chi connectivity index (χ3n) is 4.20. The molecule has 28 heavy (non-hydrogen) atoms. The Morgan fingerprint density at radius 2 is 2.07 bits per heavy atom. The molecule has 0 aliphatic heterocycles. The van der Waals surface area contributed by atoms with E-state index in [-0.39, 0.29) is 11.3 Å². The predicted molar refractivity (Wildman–Crippen MR) is 109 cm³/mol. The summed E-state index contributed by atoms with van der Waals surface area (Å²) in [6, 6.07) is 2.40. The zero-order valence-corrected chi connectivity index (χ0v) is 16.8. The summed E-state index contributed by atoms with van der Waals surface area (Å²) in [5.41, 5.74) is 0.826. The third kappa shape index (κ3) is 4.01. The van der Waals surface area contributed by atoms with Gasteiger partial charge in [0, 0.05) is 11.9 Å². The highest BCUT2D eigenvalue weighted by atomic mass is 32.2. The summed E-state index contributed by atoms with van der Waals surface area (Å²) in [4.78, 5) is 24.4. The molecule has 0 radical (unpaired) electrons. The molecular weight excluding hydrogens is 382 g/mol. The number of hydrogen-bond donors (Lipinski definition) is 2. The number of fused-ring (bicyclic) bond motifs is 1. The molecule has 0 atom stereocenters. The van der Waals surface area contributed by atoms with Gasteiger partial charge in [0.25, 0.3) is 0 Å². The number of ketones is 1. The SMILES string of the molecule is CCCSNc1ccc(F)c(C(=O)c2c[nH]c3ncnc(CC(C)C)c23)c1F. The van der Waals surface area contributed by atoms with Gasteiger partial charge in [0.15, 0.2) is 5.82 Å². The van der Waals surface area contributed by atoms with Crippen LogP contribution in [0.3, 0.4) is 0 Å². The van der Waals surface area contributed by atoms with Crippen molar-refractivity contribution in [3.05, 3.63) is 53.1 Å². The van der Waals surface area contributed by atoms with Gasteiger partial charge in [-0.25, -0.2) is 18.7 Å². The van der Waals surface area contributed by atoms with Crippen molar-refractivity contribution in [2.24, 2.45) is 5.92 Å². The molecule has 2 N–H and O–H groups in total. The summed E-state index contributed by atoms with van der Waals surface area (Å²) in [6.07, 6.45) is 4.38. The van der Waals surface area contributed by atoms with Gasteiger partial charge in [-0.3, -0.25) is 4.79 Å². The van der Waals surface area contributed by atoms with E-state index in [1.54, 1.807) is 0 Å². The van der Waals surface area contributed by atoms with Crippen LogP contribution in [0.5, 0.6) is 0 Å². The van der Waals surface area contributed by atoms with Crippen molar-refractivity contribution in [3.63, 3.8) is 0 Å². The normalized spacial score (nSPS) is 11.4. The number of benzene rings is 1. The van der Waals surface area contributed by atoms with E-state index in [9.17, 15) is 13.6 Å². The highest BCUT2D eigenvalue weighted by molar-refractivity contribution is 8.00. The summed E-state index contributed by atoms with van der Waals surface area (Å²) >= 11 is 1.31. The fourth-order valence-corrected chi connectivity index (χ4v) is 3.57. The average molecular weight is 404 g/mol. The number of carbonyl (C=O) groups excluding carboxylic acids is 1. The predicted octanol–water partition coefficient (Wildman–Crippen LogP) is 5.14. The lowest BCUT2D eigenvalue weighted by molar-refractivity contribution is 0.103. The van der Waals surface area contributed by atoms with Crippen LogP contribution in [0, 0.1) is 17.6 Å². The van der Waals surface area contributed by atoms with Gasteiger partial charge in [-0.1, -0.05) is 32.7 Å². The lowest BCUT2D eigenvalue weighted by atomic mass is 9.98. The maximum atomic E-state index is 14.9. The first-order valence-corrected chi connectivity index (χ1v) is 10.1. The van der Waals surface area contributed by atoms with Crippen LogP contribution in [-0.2, 0) is 6.42 Å². The van der Waals surface area contributed by atoms with Crippen LogP contribution in [0.25, 0.3) is 11.0 Å². The summed E-state index contributed by atoms with van der Waals surface area (Å²) < 4.78 is 32.2. The first-order valence-electron chi connectivity index (χ1n) is 9.15. The Bertz CT molecular complexity index is 1000. The lowest BCUT2D eigenvalue weighted by Crippen LogP contribution is -2.10. The van der Waals surface area contributed by atoms with E-state index in [1.807, 2.05) is 20.8 Å². The molecule has 0 unspecified atom stereocenters. The number of nitrogens with zero attached hydrogens (tertiary/aromatic N) is 2. The van der Waals surface area contributed by atoms with Crippen molar-refractivity contribution in [1.29, 1.82) is 0 Å². The molecule has 148 valence electrons. The van der Waals surface area contributed by atoms with Crippen molar-refractivity contribution in [2.45, 2.75) is 33.6 Å². The van der Waals surface area contributed by atoms with Crippen molar-refractivity contribution >= 4 is 34.5 Å². The molecular formula is C20H22F2N4OS. The number of H-pyrrole nitrogens is 1. The Kier molecular flexibility index (Phi) is 6.28. The van der Waals surface area contributed by atoms with E-state index < -0.39 is 23.0 Å². The maximum absolute atomic E-state index is 14.9. The molecule has 8 heteroatoms. The molecule has 5 nitrogen and oxygen atoms in total. The molecule has 0 spiro atoms. The molecule has 2 heterocycles. The Morgan fingerprint density at radius 1 is 1.29 bits per heavy atom. The number of halogens is 2. The number of carbonyl (C=O) groups is 1. The molecule has 0 saturated heterocycles. The molecule has 0 fully saturated rings. The third-order valence-corrected chi connectivity index (χ3v) is 5.18. The van der Waals surface area contributed by atoms with Crippen molar-refractivity contribution in [3.8, 4) is 0 Å². The van der Waals surface area contributed by atoms with Crippen molar-refractivity contribution < 1.29 is 13.6 Å². The Hall–Kier alpha value is -2.48. The van der Waals surface area contributed by atoms with Crippen LogP contribution >= 0.6 is 11.9 Å². The largest absolute Gasteiger partial charge is 0.345 e. The first kappa shape index (κ1) is 20.3. The lowest BCUT2D eigenvalue weighted by Gasteiger charge is -2.11. The van der Waals surface area contributed by atoms with Crippen LogP contribution in [0.4, 0.5) is 14.5 Å². The molecule has 0 amide bonds. The van der Waals surface area contributed by atoms with E-state index in [2.05, 4.69) is 19.7 Å². The zero-order valence-electron chi connectivity index (χ0n) is 16.0. The number of hydrogen-bond acceptors (Lipinski definition) is 5. The van der Waals surface area contributed by atoms with Gasteiger partial charge in [0.05, 0.1) is 27.9 Å². The molecule has 0 bridgehead atoms. The molecule has 2 aromatic heterocycles. The highest BCUT2D eigenvalue weighted by Crippen LogP contribution is 2.29. The Morgan fingerprint density at radius 3 is 2.79 bits per heavy atom. The number of aromatic nitrogens is 3. The quantitative estimate of drug-likeness (QED) is 0.309. The second-order valence-electron chi connectivity index (χ2n) is 6.91. The fourth-order valence-electron chi connectivity index (χ4n) is 2.95. The van der Waals surface area contributed by atoms with Crippen LogP contribution in [-0.4, -0.2) is 26.5 Å². The number of nitrogens with one attached hydrogen (secondary N) is 2. The smallest absolute Gasteiger partial charge is 0.201 e. The van der Waals surface area contributed by atoms with E-state index in [4.69, 9.17) is 0 Å². The maximum Gasteiger partial charge on any atom is 0.201 e. The fraction of sp³-hybridized carbons (Fsp3) is 0.350. The van der Waals surface area contributed by atoms with Gasteiger partial charge in [0.1, 0.15) is 17.8 Å². The van der Waals surface area contributed by atoms with Gasteiger partial charge < -0.3 is 9.71 Å². The molecule has 3 rings (SSSR count). The van der Waals surface area contributed by atoms with Crippen LogP contribution < -0.4 is 4.72 Å². The second-order valence-corrected chi connectivity index (χ2v) is 7.81. The van der Waals surface area contributed by atoms with Gasteiger partial charge in [0.2, 0.25) is 5.78 Å². The van der Waals surface area contributed by atoms with Gasteiger partial charge in [-0.15, -0.1) is 0 Å². The summed E-state index contributed by atoms with van der Waals surface area (Å²) in [5, 5.41) is 0.513. The number of aromatic amines is 1. The molecule has 0 aliphatic carbocycles. The summed E-state index contributed by atoms with van der Waals surface area (Å²) in [7, 11) is 0. The topological polar surface area (TPSA) is 70.7 Å². The monoisotopic (exact) mass is 404 g/mol. The first-order chi connectivity index (χ1) is 13.4. The molecule has 1 aromatic carbocycles. The average Bonchev–Trinajstić information content (AvgIpc) is 3.08. The van der Waals surface area contributed by atoms with Crippen LogP contribution in [0.1, 0.15) is 48.8 Å². The minimum Gasteiger partial charge on any atom is -0.345 e. The van der Waals surface area contributed by atoms with Crippen LogP contribution in [0.15, 0.2) is 24.7 Å². The van der Waals surface area contributed by atoms with E-state index in [0.717, 1.165) is 18.2 Å². The summed E-state index contributed by atoms with van der Waals surface area (Å²) in [5.74, 6) is -1.47. The van der Waals surface area contributed by atoms with Gasteiger partial charge in [-0.05, 0) is 30.9 Å². The summed E-state index contributed by atoms with van der Waals surface area (Å²) in [6.45, 7) is 6.06. The van der Waals surface area contributed by atoms with Crippen molar-refractivity contribution in [2.75, 3.05) is 10.5 Å². The van der Waals surface area contributed by atoms with Gasteiger partial charge in [-0.2, -0.15) is 0 Å². The van der Waals surface area contributed by atoms with Crippen LogP contribution in [0.2, 0.25) is 0 Å². The number of rotatable bonds is 8. The minimum absolute atomic E-state index is 0.0849. The van der Waals surface area contributed by atoms with Crippen molar-refractivity contribution in [1.82, 2.24) is 15.0 Å². The van der Waals surface area contributed by atoms with Gasteiger partial charge >= 0.3 is 0 Å².